The third-order valence-corrected chi connectivity index (χ3v) is 2.37. The summed E-state index contributed by atoms with van der Waals surface area (Å²) < 4.78 is 0. The largest absolute Gasteiger partial charge is 0.368 e. The van der Waals surface area contributed by atoms with Crippen LogP contribution >= 0.6 is 12.6 Å². The van der Waals surface area contributed by atoms with Gasteiger partial charge in [0.1, 0.15) is 5.82 Å². The molecule has 0 saturated carbocycles. The average Bonchev–Trinajstić information content (AvgIpc) is 2.26. The van der Waals surface area contributed by atoms with Crippen LogP contribution in [0.3, 0.4) is 0 Å². The van der Waals surface area contributed by atoms with E-state index in [1.165, 1.54) is 0 Å². The Bertz CT molecular complexity index is 470. The molecule has 0 bridgehead atoms. The van der Waals surface area contributed by atoms with Crippen LogP contribution in [-0.4, -0.2) is 22.3 Å². The first-order valence-electron chi connectivity index (χ1n) is 4.89. The molecule has 2 rings (SSSR count). The molecular weight excluding hydrogens is 206 g/mol. The lowest BCUT2D eigenvalue weighted by Crippen LogP contribution is -2.07. The van der Waals surface area contributed by atoms with Crippen molar-refractivity contribution in [3.05, 3.63) is 30.0 Å². The normalized spacial score (nSPS) is 10.5. The molecule has 0 aliphatic rings. The minimum absolute atomic E-state index is 0.786. The van der Waals surface area contributed by atoms with Gasteiger partial charge in [-0.15, -0.1) is 0 Å². The minimum atomic E-state index is 0.786. The van der Waals surface area contributed by atoms with Crippen LogP contribution in [0.5, 0.6) is 0 Å². The van der Waals surface area contributed by atoms with Gasteiger partial charge < -0.3 is 5.32 Å². The van der Waals surface area contributed by atoms with Gasteiger partial charge in [-0.3, -0.25) is 0 Å². The van der Waals surface area contributed by atoms with E-state index in [1.54, 1.807) is 0 Å². The van der Waals surface area contributed by atoms with E-state index in [0.29, 0.717) is 0 Å². The number of hydrogen-bond acceptors (Lipinski definition) is 4. The lowest BCUT2D eigenvalue weighted by Gasteiger charge is -2.07. The van der Waals surface area contributed by atoms with Gasteiger partial charge in [0.2, 0.25) is 0 Å². The Morgan fingerprint density at radius 3 is 2.53 bits per heavy atom. The van der Waals surface area contributed by atoms with Crippen LogP contribution in [0.15, 0.2) is 24.3 Å². The first-order chi connectivity index (χ1) is 7.31. The van der Waals surface area contributed by atoms with Gasteiger partial charge in [-0.1, -0.05) is 12.1 Å². The highest BCUT2D eigenvalue weighted by molar-refractivity contribution is 7.80. The quantitative estimate of drug-likeness (QED) is 0.778. The van der Waals surface area contributed by atoms with Gasteiger partial charge in [-0.25, -0.2) is 9.97 Å². The molecule has 0 unspecified atom stereocenters. The first kappa shape index (κ1) is 10.2. The number of fused-ring (bicyclic) bond motifs is 1. The summed E-state index contributed by atoms with van der Waals surface area (Å²) in [4.78, 5) is 8.98. The van der Waals surface area contributed by atoms with E-state index < -0.39 is 0 Å². The van der Waals surface area contributed by atoms with E-state index in [9.17, 15) is 0 Å². The smallest absolute Gasteiger partial charge is 0.148 e. The molecule has 0 fully saturated rings. The van der Waals surface area contributed by atoms with Crippen molar-refractivity contribution in [2.75, 3.05) is 17.6 Å². The lowest BCUT2D eigenvalue weighted by molar-refractivity contribution is 1.12. The maximum absolute atomic E-state index is 4.50. The van der Waals surface area contributed by atoms with Gasteiger partial charge in [-0.2, -0.15) is 12.6 Å². The summed E-state index contributed by atoms with van der Waals surface area (Å²) in [7, 11) is 0. The summed E-state index contributed by atoms with van der Waals surface area (Å²) in [6.07, 6.45) is 0. The Kier molecular flexibility index (Phi) is 3.06. The number of nitrogens with zero attached hydrogens (tertiary/aromatic N) is 2. The van der Waals surface area contributed by atoms with E-state index in [1.807, 2.05) is 31.2 Å². The minimum Gasteiger partial charge on any atom is -0.368 e. The van der Waals surface area contributed by atoms with Gasteiger partial charge in [0.25, 0.3) is 0 Å². The Morgan fingerprint density at radius 1 is 1.20 bits per heavy atom. The molecule has 0 radical (unpaired) electrons. The van der Waals surface area contributed by atoms with E-state index in [-0.39, 0.29) is 0 Å². The van der Waals surface area contributed by atoms with E-state index >= 15 is 0 Å². The second kappa shape index (κ2) is 4.49. The van der Waals surface area contributed by atoms with Crippen molar-refractivity contribution >= 4 is 29.5 Å². The Hall–Kier alpha value is -1.29. The summed E-state index contributed by atoms with van der Waals surface area (Å²) in [6.45, 7) is 2.76. The molecule has 0 aliphatic heterocycles. The van der Waals surface area contributed by atoms with Crippen LogP contribution in [-0.2, 0) is 0 Å². The zero-order chi connectivity index (χ0) is 10.7. The molecule has 0 amide bonds. The summed E-state index contributed by atoms with van der Waals surface area (Å²) in [5.41, 5.74) is 2.78. The number of anilines is 1. The summed E-state index contributed by atoms with van der Waals surface area (Å²) in [5.74, 6) is 1.64. The van der Waals surface area contributed by atoms with Crippen molar-refractivity contribution in [2.45, 2.75) is 6.92 Å². The predicted octanol–water partition coefficient (Wildman–Crippen LogP) is 2.28. The number of benzene rings is 1. The second-order valence-corrected chi connectivity index (χ2v) is 3.74. The molecule has 1 aromatic carbocycles. The van der Waals surface area contributed by atoms with Crippen LogP contribution in [0, 0.1) is 6.92 Å². The van der Waals surface area contributed by atoms with Crippen LogP contribution in [0.25, 0.3) is 11.0 Å². The van der Waals surface area contributed by atoms with Crippen molar-refractivity contribution in [2.24, 2.45) is 0 Å². The summed E-state index contributed by atoms with van der Waals surface area (Å²) in [6, 6.07) is 7.87. The molecular formula is C11H13N3S. The van der Waals surface area contributed by atoms with Crippen LogP contribution in [0.2, 0.25) is 0 Å². The Balaban J connectivity index is 2.43. The number of rotatable bonds is 3. The Labute approximate surface area is 94.4 Å². The van der Waals surface area contributed by atoms with Gasteiger partial charge in [0.15, 0.2) is 0 Å². The van der Waals surface area contributed by atoms with Gasteiger partial charge in [-0.05, 0) is 19.1 Å². The maximum atomic E-state index is 4.50. The van der Waals surface area contributed by atoms with Crippen LogP contribution < -0.4 is 5.32 Å². The second-order valence-electron chi connectivity index (χ2n) is 3.30. The zero-order valence-corrected chi connectivity index (χ0v) is 9.46. The molecule has 2 aromatic rings. The van der Waals surface area contributed by atoms with Crippen LogP contribution in [0.4, 0.5) is 5.82 Å². The topological polar surface area (TPSA) is 37.8 Å². The standard InChI is InChI=1S/C11H13N3S/c1-8-11(12-6-7-15)14-10-5-3-2-4-9(10)13-8/h2-5,15H,6-7H2,1H3,(H,12,14). The highest BCUT2D eigenvalue weighted by Gasteiger charge is 2.02. The number of thiol groups is 1. The molecule has 15 heavy (non-hydrogen) atoms. The number of para-hydroxylation sites is 2. The number of nitrogens with one attached hydrogen (secondary N) is 1. The third kappa shape index (κ3) is 2.21. The van der Waals surface area contributed by atoms with E-state index in [4.69, 9.17) is 0 Å². The maximum Gasteiger partial charge on any atom is 0.148 e. The highest BCUT2D eigenvalue weighted by Crippen LogP contribution is 2.15. The fourth-order valence-electron chi connectivity index (χ4n) is 1.43. The van der Waals surface area contributed by atoms with Gasteiger partial charge >= 0.3 is 0 Å². The first-order valence-corrected chi connectivity index (χ1v) is 5.52. The predicted molar refractivity (Wildman–Crippen MR) is 66.6 cm³/mol. The molecule has 78 valence electrons. The van der Waals surface area contributed by atoms with E-state index in [2.05, 4.69) is 27.9 Å². The summed E-state index contributed by atoms with van der Waals surface area (Å²) in [5, 5.41) is 3.20. The number of hydrogen-bond donors (Lipinski definition) is 2. The fourth-order valence-corrected chi connectivity index (χ4v) is 1.54. The molecule has 0 aliphatic carbocycles. The molecule has 0 atom stereocenters. The van der Waals surface area contributed by atoms with E-state index in [0.717, 1.165) is 34.8 Å². The SMILES string of the molecule is Cc1nc2ccccc2nc1NCCS. The molecule has 4 heteroatoms. The third-order valence-electron chi connectivity index (χ3n) is 2.15. The average molecular weight is 219 g/mol. The molecule has 0 spiro atoms. The zero-order valence-electron chi connectivity index (χ0n) is 8.57. The molecule has 0 saturated heterocycles. The van der Waals surface area contributed by atoms with Crippen LogP contribution in [0.1, 0.15) is 5.69 Å². The summed E-state index contributed by atoms with van der Waals surface area (Å²) >= 11 is 4.15. The Morgan fingerprint density at radius 2 is 1.87 bits per heavy atom. The van der Waals surface area contributed by atoms with Gasteiger partial charge in [0, 0.05) is 12.3 Å². The molecule has 3 nitrogen and oxygen atoms in total. The fraction of sp³-hybridized carbons (Fsp3) is 0.273. The number of aromatic nitrogens is 2. The van der Waals surface area contributed by atoms with Gasteiger partial charge in [0.05, 0.1) is 16.7 Å². The van der Waals surface area contributed by atoms with Crippen molar-refractivity contribution in [3.63, 3.8) is 0 Å². The molecule has 1 aromatic heterocycles. The highest BCUT2D eigenvalue weighted by atomic mass is 32.1. The molecule has 1 N–H and O–H groups in total. The number of aryl methyl sites for hydroxylation is 1. The van der Waals surface area contributed by atoms with Crippen molar-refractivity contribution in [1.29, 1.82) is 0 Å². The van der Waals surface area contributed by atoms with Crippen molar-refractivity contribution < 1.29 is 0 Å². The monoisotopic (exact) mass is 219 g/mol. The molecule has 1 heterocycles. The lowest BCUT2D eigenvalue weighted by atomic mass is 10.3. The van der Waals surface area contributed by atoms with Crippen molar-refractivity contribution in [1.82, 2.24) is 9.97 Å². The van der Waals surface area contributed by atoms with Crippen molar-refractivity contribution in [3.8, 4) is 0 Å².